The summed E-state index contributed by atoms with van der Waals surface area (Å²) in [7, 11) is 0. The van der Waals surface area contributed by atoms with E-state index in [1.165, 1.54) is 5.56 Å². The Bertz CT molecular complexity index is 567. The monoisotopic (exact) mass is 271 g/mol. The van der Waals surface area contributed by atoms with Gasteiger partial charge in [-0.05, 0) is 37.1 Å². The molecule has 0 saturated heterocycles. The Hall–Kier alpha value is -2.16. The van der Waals surface area contributed by atoms with Gasteiger partial charge in [-0.3, -0.25) is 0 Å². The average molecular weight is 271 g/mol. The Kier molecular flexibility index (Phi) is 4.88. The first-order chi connectivity index (χ1) is 9.70. The van der Waals surface area contributed by atoms with Crippen molar-refractivity contribution in [1.29, 1.82) is 0 Å². The minimum atomic E-state index is 0.308. The highest BCUT2D eigenvalue weighted by Gasteiger charge is 2.05. The van der Waals surface area contributed by atoms with Crippen LogP contribution in [0.2, 0.25) is 0 Å². The number of rotatable bonds is 6. The highest BCUT2D eigenvalue weighted by Crippen LogP contribution is 2.27. The molecule has 0 aliphatic rings. The summed E-state index contributed by atoms with van der Waals surface area (Å²) < 4.78 is 5.76. The Morgan fingerprint density at radius 2 is 1.95 bits per heavy atom. The van der Waals surface area contributed by atoms with E-state index >= 15 is 0 Å². The maximum atomic E-state index is 9.77. The Morgan fingerprint density at radius 3 is 2.70 bits per heavy atom. The summed E-state index contributed by atoms with van der Waals surface area (Å²) in [5, 5.41) is 13.1. The van der Waals surface area contributed by atoms with Crippen molar-refractivity contribution < 1.29 is 9.84 Å². The first kappa shape index (κ1) is 14.3. The molecule has 0 saturated carbocycles. The zero-order valence-electron chi connectivity index (χ0n) is 12.0. The smallest absolute Gasteiger partial charge is 0.142 e. The molecule has 0 aliphatic heterocycles. The number of nitrogens with one attached hydrogen (secondary N) is 1. The summed E-state index contributed by atoms with van der Waals surface area (Å²) in [5.74, 6) is 1.17. The largest absolute Gasteiger partial charge is 0.508 e. The lowest BCUT2D eigenvalue weighted by Gasteiger charge is -2.14. The van der Waals surface area contributed by atoms with Gasteiger partial charge in [0.25, 0.3) is 0 Å². The summed E-state index contributed by atoms with van der Waals surface area (Å²) in [6.07, 6.45) is 0.979. The molecule has 2 aromatic rings. The normalized spacial score (nSPS) is 10.3. The molecule has 0 spiro atoms. The van der Waals surface area contributed by atoms with Crippen molar-refractivity contribution in [3.63, 3.8) is 0 Å². The van der Waals surface area contributed by atoms with Gasteiger partial charge >= 0.3 is 0 Å². The van der Waals surface area contributed by atoms with E-state index < -0.39 is 0 Å². The molecule has 0 unspecified atom stereocenters. The number of hydrogen-bond donors (Lipinski definition) is 2. The molecular formula is C17H21NO2. The number of benzene rings is 2. The second-order valence-electron chi connectivity index (χ2n) is 4.83. The van der Waals surface area contributed by atoms with Crippen LogP contribution in [0.3, 0.4) is 0 Å². The minimum Gasteiger partial charge on any atom is -0.508 e. The minimum absolute atomic E-state index is 0.308. The fourth-order valence-electron chi connectivity index (χ4n) is 1.96. The zero-order valence-corrected chi connectivity index (χ0v) is 12.0. The SMILES string of the molecule is CCCOc1cc(C)ccc1NCc1ccccc1O. The van der Waals surface area contributed by atoms with Gasteiger partial charge in [0.1, 0.15) is 11.5 Å². The number of anilines is 1. The lowest BCUT2D eigenvalue weighted by Crippen LogP contribution is -2.04. The van der Waals surface area contributed by atoms with E-state index in [2.05, 4.69) is 12.2 Å². The molecule has 0 radical (unpaired) electrons. The van der Waals surface area contributed by atoms with Crippen LogP contribution in [0.1, 0.15) is 24.5 Å². The van der Waals surface area contributed by atoms with Crippen molar-refractivity contribution in [3.05, 3.63) is 53.6 Å². The molecule has 20 heavy (non-hydrogen) atoms. The summed E-state index contributed by atoms with van der Waals surface area (Å²) in [6, 6.07) is 13.4. The second-order valence-corrected chi connectivity index (χ2v) is 4.83. The Labute approximate surface area is 120 Å². The van der Waals surface area contributed by atoms with Crippen LogP contribution >= 0.6 is 0 Å². The van der Waals surface area contributed by atoms with Crippen LogP contribution in [0.25, 0.3) is 0 Å². The standard InChI is InChI=1S/C17H21NO2/c1-3-10-20-17-11-13(2)8-9-15(17)18-12-14-6-4-5-7-16(14)19/h4-9,11,18-19H,3,10,12H2,1-2H3. The number of aromatic hydroxyl groups is 1. The van der Waals surface area contributed by atoms with Crippen LogP contribution in [0.15, 0.2) is 42.5 Å². The van der Waals surface area contributed by atoms with E-state index in [4.69, 9.17) is 4.74 Å². The molecule has 3 nitrogen and oxygen atoms in total. The van der Waals surface area contributed by atoms with Crippen molar-refractivity contribution in [2.24, 2.45) is 0 Å². The van der Waals surface area contributed by atoms with Crippen molar-refractivity contribution in [1.82, 2.24) is 0 Å². The summed E-state index contributed by atoms with van der Waals surface area (Å²) in [5.41, 5.74) is 2.99. The molecule has 2 N–H and O–H groups in total. The van der Waals surface area contributed by atoms with Gasteiger partial charge in [-0.2, -0.15) is 0 Å². The molecule has 106 valence electrons. The highest BCUT2D eigenvalue weighted by atomic mass is 16.5. The summed E-state index contributed by atoms with van der Waals surface area (Å²) in [4.78, 5) is 0. The maximum Gasteiger partial charge on any atom is 0.142 e. The number of ether oxygens (including phenoxy) is 1. The van der Waals surface area contributed by atoms with Crippen LogP contribution in [0.4, 0.5) is 5.69 Å². The summed E-state index contributed by atoms with van der Waals surface area (Å²) in [6.45, 7) is 5.41. The molecule has 0 aliphatic carbocycles. The molecule has 2 rings (SSSR count). The molecule has 0 heterocycles. The molecule has 0 fully saturated rings. The predicted molar refractivity (Wildman–Crippen MR) is 82.4 cm³/mol. The first-order valence-electron chi connectivity index (χ1n) is 6.95. The van der Waals surface area contributed by atoms with Crippen LogP contribution < -0.4 is 10.1 Å². The highest BCUT2D eigenvalue weighted by molar-refractivity contribution is 5.58. The first-order valence-corrected chi connectivity index (χ1v) is 6.95. The van der Waals surface area contributed by atoms with Crippen molar-refractivity contribution in [2.75, 3.05) is 11.9 Å². The van der Waals surface area contributed by atoms with Crippen molar-refractivity contribution >= 4 is 5.69 Å². The lowest BCUT2D eigenvalue weighted by atomic mass is 10.1. The van der Waals surface area contributed by atoms with Gasteiger partial charge in [0.2, 0.25) is 0 Å². The molecule has 0 amide bonds. The summed E-state index contributed by atoms with van der Waals surface area (Å²) >= 11 is 0. The predicted octanol–water partition coefficient (Wildman–Crippen LogP) is 4.10. The van der Waals surface area contributed by atoms with Crippen LogP contribution in [0.5, 0.6) is 11.5 Å². The second kappa shape index (κ2) is 6.85. The number of phenolic OH excluding ortho intramolecular Hbond substituents is 1. The third kappa shape index (κ3) is 3.67. The lowest BCUT2D eigenvalue weighted by molar-refractivity contribution is 0.318. The van der Waals surface area contributed by atoms with E-state index in [1.807, 2.05) is 43.3 Å². The number of para-hydroxylation sites is 1. The third-order valence-electron chi connectivity index (χ3n) is 3.06. The Balaban J connectivity index is 2.10. The Morgan fingerprint density at radius 1 is 1.15 bits per heavy atom. The fraction of sp³-hybridized carbons (Fsp3) is 0.294. The maximum absolute atomic E-state index is 9.77. The quantitative estimate of drug-likeness (QED) is 0.831. The van der Waals surface area contributed by atoms with Crippen molar-refractivity contribution in [3.8, 4) is 11.5 Å². The van der Waals surface area contributed by atoms with Gasteiger partial charge in [-0.1, -0.05) is 31.2 Å². The van der Waals surface area contributed by atoms with E-state index in [9.17, 15) is 5.11 Å². The van der Waals surface area contributed by atoms with Gasteiger partial charge in [-0.15, -0.1) is 0 Å². The number of hydrogen-bond acceptors (Lipinski definition) is 3. The number of aryl methyl sites for hydroxylation is 1. The topological polar surface area (TPSA) is 41.5 Å². The van der Waals surface area contributed by atoms with Gasteiger partial charge in [0.05, 0.1) is 12.3 Å². The molecular weight excluding hydrogens is 250 g/mol. The van der Waals surface area contributed by atoms with Gasteiger partial charge in [0.15, 0.2) is 0 Å². The molecule has 2 aromatic carbocycles. The van der Waals surface area contributed by atoms with Crippen LogP contribution in [0, 0.1) is 6.92 Å². The van der Waals surface area contributed by atoms with E-state index in [0.717, 1.165) is 23.4 Å². The fourth-order valence-corrected chi connectivity index (χ4v) is 1.96. The van der Waals surface area contributed by atoms with Crippen LogP contribution in [-0.2, 0) is 6.54 Å². The third-order valence-corrected chi connectivity index (χ3v) is 3.06. The van der Waals surface area contributed by atoms with Crippen molar-refractivity contribution in [2.45, 2.75) is 26.8 Å². The number of phenols is 1. The van der Waals surface area contributed by atoms with Gasteiger partial charge < -0.3 is 15.2 Å². The van der Waals surface area contributed by atoms with Crippen LogP contribution in [-0.4, -0.2) is 11.7 Å². The van der Waals surface area contributed by atoms with E-state index in [1.54, 1.807) is 6.07 Å². The van der Waals surface area contributed by atoms with Gasteiger partial charge in [0, 0.05) is 12.1 Å². The van der Waals surface area contributed by atoms with E-state index in [-0.39, 0.29) is 0 Å². The molecule has 0 bridgehead atoms. The van der Waals surface area contributed by atoms with Gasteiger partial charge in [-0.25, -0.2) is 0 Å². The molecule has 3 heteroatoms. The zero-order chi connectivity index (χ0) is 14.4. The average Bonchev–Trinajstić information content (AvgIpc) is 2.45. The van der Waals surface area contributed by atoms with E-state index in [0.29, 0.717) is 18.9 Å². The molecule has 0 aromatic heterocycles. The molecule has 0 atom stereocenters.